The summed E-state index contributed by atoms with van der Waals surface area (Å²) < 4.78 is 10.0. The van der Waals surface area contributed by atoms with Crippen LogP contribution in [0.25, 0.3) is 33.4 Å². The van der Waals surface area contributed by atoms with Crippen molar-refractivity contribution in [2.75, 3.05) is 6.61 Å². The van der Waals surface area contributed by atoms with Crippen LogP contribution in [-0.2, 0) is 16.1 Å². The normalized spacial score (nSPS) is 14.8. The van der Waals surface area contributed by atoms with Crippen LogP contribution in [0.1, 0.15) is 34.5 Å². The van der Waals surface area contributed by atoms with Gasteiger partial charge in [0.15, 0.2) is 4.80 Å². The number of esters is 1. The van der Waals surface area contributed by atoms with E-state index in [-0.39, 0.29) is 12.2 Å². The summed E-state index contributed by atoms with van der Waals surface area (Å²) >= 11 is 2.85. The lowest BCUT2D eigenvalue weighted by atomic mass is 9.97. The van der Waals surface area contributed by atoms with E-state index in [0.29, 0.717) is 27.1 Å². The lowest BCUT2D eigenvalue weighted by Crippen LogP contribution is -2.39. The lowest BCUT2D eigenvalue weighted by molar-refractivity contribution is -0.138. The Morgan fingerprint density at radius 3 is 2.47 bits per heavy atom. The second-order valence-corrected chi connectivity index (χ2v) is 13.3. The van der Waals surface area contributed by atoms with Crippen LogP contribution in [0.3, 0.4) is 0 Å². The highest BCUT2D eigenvalue weighted by molar-refractivity contribution is 7.10. The Hall–Kier alpha value is -5.31. The highest BCUT2D eigenvalue weighted by Gasteiger charge is 2.35. The van der Waals surface area contributed by atoms with E-state index in [0.717, 1.165) is 26.9 Å². The van der Waals surface area contributed by atoms with Crippen molar-refractivity contribution in [2.45, 2.75) is 19.5 Å². The first-order chi connectivity index (χ1) is 23.1. The molecule has 0 aliphatic carbocycles. The molecule has 6 nitrogen and oxygen atoms in total. The first-order valence-electron chi connectivity index (χ1n) is 15.5. The monoisotopic (exact) mass is 651 g/mol. The summed E-state index contributed by atoms with van der Waals surface area (Å²) in [5.74, 6) is -0.473. The van der Waals surface area contributed by atoms with E-state index in [4.69, 9.17) is 9.73 Å². The number of carbonyl (C=O) groups is 1. The summed E-state index contributed by atoms with van der Waals surface area (Å²) in [6.45, 7) is 2.69. The van der Waals surface area contributed by atoms with Crippen LogP contribution in [0, 0.1) is 0 Å². The molecule has 1 atom stereocenters. The highest BCUT2D eigenvalue weighted by atomic mass is 32.1. The molecule has 0 saturated heterocycles. The number of aromatic nitrogens is 2. The van der Waals surface area contributed by atoms with Crippen molar-refractivity contribution in [3.8, 4) is 0 Å². The molecule has 8 rings (SSSR count). The highest BCUT2D eigenvalue weighted by Crippen LogP contribution is 2.37. The van der Waals surface area contributed by atoms with Crippen LogP contribution in [0.4, 0.5) is 0 Å². The summed E-state index contributed by atoms with van der Waals surface area (Å²) in [6, 6.07) is 36.0. The third-order valence-electron chi connectivity index (χ3n) is 8.51. The Kier molecular flexibility index (Phi) is 7.52. The third kappa shape index (κ3) is 5.16. The molecule has 7 aromatic rings. The Morgan fingerprint density at radius 1 is 0.894 bits per heavy atom. The number of ether oxygens (including phenoxy) is 1. The molecule has 8 heteroatoms. The average Bonchev–Trinajstić information content (AvgIpc) is 3.84. The molecule has 230 valence electrons. The molecular formula is C39H29N3O3S2. The van der Waals surface area contributed by atoms with Gasteiger partial charge in [-0.2, -0.15) is 0 Å². The van der Waals surface area contributed by atoms with Crippen molar-refractivity contribution in [1.82, 2.24) is 9.13 Å². The Labute approximate surface area is 278 Å². The molecule has 47 heavy (non-hydrogen) atoms. The zero-order valence-corrected chi connectivity index (χ0v) is 27.1. The molecule has 0 fully saturated rings. The average molecular weight is 652 g/mol. The Bertz CT molecular complexity index is 2500. The number of nitrogens with zero attached hydrogens (tertiary/aromatic N) is 3. The number of rotatable bonds is 7. The maximum absolute atomic E-state index is 14.4. The number of benzene rings is 4. The molecule has 4 heterocycles. The first-order valence-corrected chi connectivity index (χ1v) is 17.2. The second kappa shape index (κ2) is 12.1. The number of fused-ring (bicyclic) bond motifs is 3. The van der Waals surface area contributed by atoms with Crippen molar-refractivity contribution in [3.05, 3.63) is 168 Å². The van der Waals surface area contributed by atoms with Gasteiger partial charge < -0.3 is 9.30 Å². The van der Waals surface area contributed by atoms with E-state index in [9.17, 15) is 9.59 Å². The van der Waals surface area contributed by atoms with E-state index in [1.165, 1.54) is 39.0 Å². The molecule has 0 bridgehead atoms. The van der Waals surface area contributed by atoms with Gasteiger partial charge in [-0.05, 0) is 46.8 Å². The van der Waals surface area contributed by atoms with Crippen molar-refractivity contribution < 1.29 is 9.53 Å². The van der Waals surface area contributed by atoms with Gasteiger partial charge in [-0.15, -0.1) is 11.3 Å². The van der Waals surface area contributed by atoms with Crippen molar-refractivity contribution in [1.29, 1.82) is 0 Å². The van der Waals surface area contributed by atoms with E-state index in [1.54, 1.807) is 11.5 Å². The molecular weight excluding hydrogens is 623 g/mol. The van der Waals surface area contributed by atoms with Gasteiger partial charge >= 0.3 is 5.97 Å². The van der Waals surface area contributed by atoms with Crippen LogP contribution >= 0.6 is 22.7 Å². The van der Waals surface area contributed by atoms with Gasteiger partial charge in [0.25, 0.3) is 5.56 Å². The quantitative estimate of drug-likeness (QED) is 0.172. The lowest BCUT2D eigenvalue weighted by Gasteiger charge is -2.24. The van der Waals surface area contributed by atoms with Gasteiger partial charge in [-0.25, -0.2) is 9.79 Å². The molecule has 0 spiro atoms. The minimum atomic E-state index is -0.657. The summed E-state index contributed by atoms with van der Waals surface area (Å²) in [7, 11) is 0. The summed E-state index contributed by atoms with van der Waals surface area (Å²) in [6.07, 6.45) is 4.09. The first kappa shape index (κ1) is 29.1. The minimum Gasteiger partial charge on any atom is -0.463 e. The van der Waals surface area contributed by atoms with Gasteiger partial charge in [-0.3, -0.25) is 9.36 Å². The standard InChI is InChI=1S/C39H29N3O3S2/c1-2-45-38(44)34-35(26-13-4-3-5-14-26)40-39-42(36(34)32-20-11-21-46-32)37(43)33(47-39)22-28-24-41(31-19-9-8-18-30(28)31)23-27-16-10-15-25-12-6-7-17-29(25)27/h3-22,24,36H,2,23H2,1H3/b33-22+. The largest absolute Gasteiger partial charge is 0.463 e. The smallest absolute Gasteiger partial charge is 0.338 e. The van der Waals surface area contributed by atoms with Crippen LogP contribution in [0.5, 0.6) is 0 Å². The summed E-state index contributed by atoms with van der Waals surface area (Å²) in [5.41, 5.74) is 4.77. The molecule has 0 radical (unpaired) electrons. The molecule has 1 aliphatic rings. The van der Waals surface area contributed by atoms with Crippen molar-refractivity contribution in [3.63, 3.8) is 0 Å². The molecule has 1 unspecified atom stereocenters. The van der Waals surface area contributed by atoms with Gasteiger partial charge in [0.1, 0.15) is 6.04 Å². The van der Waals surface area contributed by atoms with Crippen molar-refractivity contribution >= 4 is 62.1 Å². The van der Waals surface area contributed by atoms with E-state index in [2.05, 4.69) is 65.4 Å². The molecule has 0 amide bonds. The predicted octanol–water partition coefficient (Wildman–Crippen LogP) is 7.15. The molecule has 0 saturated carbocycles. The zero-order valence-electron chi connectivity index (χ0n) is 25.5. The number of hydrogen-bond donors (Lipinski definition) is 0. The fourth-order valence-electron chi connectivity index (χ4n) is 6.43. The van der Waals surface area contributed by atoms with Crippen LogP contribution in [-0.4, -0.2) is 21.7 Å². The van der Waals surface area contributed by atoms with Gasteiger partial charge in [0.2, 0.25) is 0 Å². The van der Waals surface area contributed by atoms with Crippen molar-refractivity contribution in [2.24, 2.45) is 4.99 Å². The summed E-state index contributed by atoms with van der Waals surface area (Å²) in [4.78, 5) is 34.4. The number of hydrogen-bond acceptors (Lipinski definition) is 6. The van der Waals surface area contributed by atoms with Crippen LogP contribution < -0.4 is 14.9 Å². The second-order valence-electron chi connectivity index (χ2n) is 11.3. The zero-order chi connectivity index (χ0) is 31.9. The fraction of sp³-hybridized carbons (Fsp3) is 0.103. The molecule has 1 aliphatic heterocycles. The number of thiophene rings is 1. The fourth-order valence-corrected chi connectivity index (χ4v) is 8.25. The Balaban J connectivity index is 1.31. The van der Waals surface area contributed by atoms with E-state index in [1.807, 2.05) is 66.1 Å². The van der Waals surface area contributed by atoms with Gasteiger partial charge in [-0.1, -0.05) is 108 Å². The van der Waals surface area contributed by atoms with Crippen LogP contribution in [0.15, 0.2) is 136 Å². The third-order valence-corrected chi connectivity index (χ3v) is 10.4. The summed E-state index contributed by atoms with van der Waals surface area (Å²) in [5, 5.41) is 5.45. The number of carbonyl (C=O) groups excluding carboxylic acids is 1. The van der Waals surface area contributed by atoms with Gasteiger partial charge in [0.05, 0.1) is 22.4 Å². The van der Waals surface area contributed by atoms with E-state index >= 15 is 0 Å². The van der Waals surface area contributed by atoms with Gasteiger partial charge in [0, 0.05) is 39.6 Å². The maximum Gasteiger partial charge on any atom is 0.338 e. The van der Waals surface area contributed by atoms with E-state index < -0.39 is 12.0 Å². The minimum absolute atomic E-state index is 0.188. The predicted molar refractivity (Wildman–Crippen MR) is 190 cm³/mol. The molecule has 0 N–H and O–H groups in total. The Morgan fingerprint density at radius 2 is 1.66 bits per heavy atom. The van der Waals surface area contributed by atoms with Crippen LogP contribution in [0.2, 0.25) is 0 Å². The topological polar surface area (TPSA) is 65.6 Å². The molecule has 4 aromatic carbocycles. The number of thiazole rings is 1. The maximum atomic E-state index is 14.4. The number of para-hydroxylation sites is 1. The SMILES string of the molecule is CCOC(=O)C1=C(c2ccccc2)N=c2s/c(=C/c3cn(Cc4cccc5ccccc45)c4ccccc34)c(=O)n2C1c1cccs1. The molecule has 3 aromatic heterocycles.